The average Bonchev–Trinajstić information content (AvgIpc) is 2.06. The zero-order valence-electron chi connectivity index (χ0n) is 6.29. The zero-order chi connectivity index (χ0) is 9.42. The van der Waals surface area contributed by atoms with Crippen LogP contribution in [0.3, 0.4) is 0 Å². The van der Waals surface area contributed by atoms with E-state index in [0.717, 1.165) is 0 Å². The molecule has 0 saturated heterocycles. The van der Waals surface area contributed by atoms with Crippen molar-refractivity contribution >= 4 is 33.0 Å². The fourth-order valence-corrected chi connectivity index (χ4v) is 1.36. The maximum Gasteiger partial charge on any atom is 0.429 e. The van der Waals surface area contributed by atoms with Crippen LogP contribution in [0.2, 0.25) is 0 Å². The molecule has 0 bridgehead atoms. The molecule has 0 aliphatic heterocycles. The van der Waals surface area contributed by atoms with Crippen molar-refractivity contribution in [1.82, 2.24) is 10.1 Å². The molecule has 0 atom stereocenters. The van der Waals surface area contributed by atoms with Gasteiger partial charge in [0, 0.05) is 4.47 Å². The van der Waals surface area contributed by atoms with Crippen molar-refractivity contribution in [2.45, 2.75) is 0 Å². The van der Waals surface area contributed by atoms with Crippen LogP contribution in [0, 0.1) is 5.82 Å². The second kappa shape index (κ2) is 2.88. The number of anilines is 1. The molecule has 0 radical (unpaired) electrons. The highest BCUT2D eigenvalue weighted by atomic mass is 79.9. The van der Waals surface area contributed by atoms with Crippen LogP contribution in [0.4, 0.5) is 10.3 Å². The first-order valence-corrected chi connectivity index (χ1v) is 4.17. The lowest BCUT2D eigenvalue weighted by Gasteiger charge is -1.90. The predicted molar refractivity (Wildman–Crippen MR) is 48.3 cm³/mol. The summed E-state index contributed by atoms with van der Waals surface area (Å²) in [5.74, 6) is -0.587. The number of benzene rings is 1. The molecular formula is C7H4BrFN3O+. The Morgan fingerprint density at radius 1 is 1.46 bits per heavy atom. The first-order valence-electron chi connectivity index (χ1n) is 3.38. The normalized spacial score (nSPS) is 10.6. The number of nitrogens with two attached hydrogens (primary N) is 1. The molecule has 0 saturated carbocycles. The molecule has 0 unspecified atom stereocenters. The Bertz CT molecular complexity index is 476. The van der Waals surface area contributed by atoms with Crippen LogP contribution >= 0.6 is 15.9 Å². The molecule has 0 aliphatic carbocycles. The summed E-state index contributed by atoms with van der Waals surface area (Å²) in [6, 6.07) is 2.85. The highest BCUT2D eigenvalue weighted by molar-refractivity contribution is 9.10. The van der Waals surface area contributed by atoms with Gasteiger partial charge in [0.2, 0.25) is 10.7 Å². The summed E-state index contributed by atoms with van der Waals surface area (Å²) in [5, 5.41) is 3.39. The standard InChI is InChI=1S/C7H4BrFN3O/c8-3-1-4(9)6-5(2-3)13-12-7(10)11-6/h1-2H,(H2,10,11,12)/q+1. The van der Waals surface area contributed by atoms with E-state index in [0.29, 0.717) is 4.47 Å². The van der Waals surface area contributed by atoms with Gasteiger partial charge in [-0.2, -0.15) is 4.98 Å². The molecule has 6 heteroatoms. The summed E-state index contributed by atoms with van der Waals surface area (Å²) in [7, 11) is 0. The molecule has 0 spiro atoms. The van der Waals surface area contributed by atoms with Crippen molar-refractivity contribution in [3.05, 3.63) is 22.4 Å². The molecule has 66 valence electrons. The maximum atomic E-state index is 13.2. The summed E-state index contributed by atoms with van der Waals surface area (Å²) in [6.45, 7) is 0. The number of aromatic nitrogens is 2. The third kappa shape index (κ3) is 1.44. The second-order valence-corrected chi connectivity index (χ2v) is 3.30. The second-order valence-electron chi connectivity index (χ2n) is 2.39. The quantitative estimate of drug-likeness (QED) is 0.721. The van der Waals surface area contributed by atoms with Crippen molar-refractivity contribution in [3.8, 4) is 0 Å². The smallest absolute Gasteiger partial charge is 0.361 e. The van der Waals surface area contributed by atoms with Gasteiger partial charge in [-0.3, -0.25) is 0 Å². The van der Waals surface area contributed by atoms with Gasteiger partial charge in [-0.15, -0.1) is 0 Å². The average molecular weight is 245 g/mol. The number of nitrogen functional groups attached to an aromatic ring is 1. The molecule has 1 aromatic carbocycles. The van der Waals surface area contributed by atoms with Gasteiger partial charge < -0.3 is 5.73 Å². The fourth-order valence-electron chi connectivity index (χ4n) is 0.951. The summed E-state index contributed by atoms with van der Waals surface area (Å²) in [5.41, 5.74) is 5.57. The number of hydrogen-bond acceptors (Lipinski definition) is 3. The molecule has 0 amide bonds. The van der Waals surface area contributed by atoms with E-state index >= 15 is 0 Å². The van der Waals surface area contributed by atoms with Crippen LogP contribution in [0.1, 0.15) is 0 Å². The Morgan fingerprint density at radius 3 is 3.00 bits per heavy atom. The molecule has 0 fully saturated rings. The van der Waals surface area contributed by atoms with E-state index in [1.54, 1.807) is 6.07 Å². The van der Waals surface area contributed by atoms with E-state index in [4.69, 9.17) is 10.3 Å². The van der Waals surface area contributed by atoms with Gasteiger partial charge in [0.15, 0.2) is 5.82 Å². The summed E-state index contributed by atoms with van der Waals surface area (Å²) >= 11 is 3.11. The van der Waals surface area contributed by atoms with Crippen molar-refractivity contribution in [1.29, 1.82) is 0 Å². The van der Waals surface area contributed by atoms with Gasteiger partial charge in [0.05, 0.1) is 6.07 Å². The fraction of sp³-hybridized carbons (Fsp3) is 0. The van der Waals surface area contributed by atoms with E-state index in [1.807, 2.05) is 0 Å². The largest absolute Gasteiger partial charge is 0.429 e. The third-order valence-corrected chi connectivity index (χ3v) is 1.91. The molecule has 1 heterocycles. The molecule has 0 aliphatic rings. The third-order valence-electron chi connectivity index (χ3n) is 1.46. The van der Waals surface area contributed by atoms with Gasteiger partial charge in [-0.25, -0.2) is 4.39 Å². The number of halogens is 2. The Labute approximate surface area is 80.7 Å². The highest BCUT2D eigenvalue weighted by Crippen LogP contribution is 2.21. The molecular weight excluding hydrogens is 241 g/mol. The van der Waals surface area contributed by atoms with E-state index in [-0.39, 0.29) is 17.0 Å². The Kier molecular flexibility index (Phi) is 1.84. The van der Waals surface area contributed by atoms with Crippen molar-refractivity contribution < 1.29 is 8.91 Å². The summed E-state index contributed by atoms with van der Waals surface area (Å²) < 4.78 is 18.6. The lowest BCUT2D eigenvalue weighted by atomic mass is 10.3. The maximum absolute atomic E-state index is 13.2. The minimum absolute atomic E-state index is 0.0794. The van der Waals surface area contributed by atoms with E-state index in [2.05, 4.69) is 26.1 Å². The molecule has 13 heavy (non-hydrogen) atoms. The van der Waals surface area contributed by atoms with Gasteiger partial charge in [-0.1, -0.05) is 20.5 Å². The number of rotatable bonds is 0. The van der Waals surface area contributed by atoms with Crippen LogP contribution in [0.15, 0.2) is 21.1 Å². The first-order chi connectivity index (χ1) is 6.16. The molecule has 2 aromatic rings. The minimum Gasteiger partial charge on any atom is -0.361 e. The Morgan fingerprint density at radius 2 is 2.23 bits per heavy atom. The molecule has 1 aromatic heterocycles. The van der Waals surface area contributed by atoms with Gasteiger partial charge >= 0.3 is 11.5 Å². The van der Waals surface area contributed by atoms with Crippen LogP contribution in [-0.2, 0) is 0 Å². The zero-order valence-corrected chi connectivity index (χ0v) is 7.88. The van der Waals surface area contributed by atoms with E-state index in [9.17, 15) is 4.39 Å². The lowest BCUT2D eigenvalue weighted by molar-refractivity contribution is 0.439. The van der Waals surface area contributed by atoms with Crippen LogP contribution in [0.25, 0.3) is 11.1 Å². The molecule has 2 rings (SSSR count). The van der Waals surface area contributed by atoms with Crippen LogP contribution < -0.4 is 5.73 Å². The monoisotopic (exact) mass is 244 g/mol. The lowest BCUT2D eigenvalue weighted by Crippen LogP contribution is -1.95. The first kappa shape index (κ1) is 8.31. The van der Waals surface area contributed by atoms with Crippen LogP contribution in [-0.4, -0.2) is 10.1 Å². The van der Waals surface area contributed by atoms with Crippen molar-refractivity contribution in [2.75, 3.05) is 5.73 Å². The topological polar surface area (TPSA) is 63.1 Å². The van der Waals surface area contributed by atoms with Gasteiger partial charge in [0.25, 0.3) is 0 Å². The van der Waals surface area contributed by atoms with Gasteiger partial charge in [-0.05, 0) is 6.07 Å². The number of fused-ring (bicyclic) bond motifs is 1. The number of nitrogens with zero attached hydrogens (tertiary/aromatic N) is 2. The number of hydrogen-bond donors (Lipinski definition) is 1. The van der Waals surface area contributed by atoms with Crippen LogP contribution in [0.5, 0.6) is 0 Å². The SMILES string of the molecule is Nc1n[o+]c2cc(Br)cc(F)c2n1. The Hall–Kier alpha value is -1.30. The molecule has 2 N–H and O–H groups in total. The summed E-state index contributed by atoms with van der Waals surface area (Å²) in [6.07, 6.45) is 0. The predicted octanol–water partition coefficient (Wildman–Crippen LogP) is 1.99. The van der Waals surface area contributed by atoms with Crippen molar-refractivity contribution in [3.63, 3.8) is 0 Å². The Balaban J connectivity index is 2.87. The summed E-state index contributed by atoms with van der Waals surface area (Å²) in [4.78, 5) is 3.69. The van der Waals surface area contributed by atoms with Gasteiger partial charge in [0.1, 0.15) is 0 Å². The van der Waals surface area contributed by atoms with Crippen molar-refractivity contribution in [2.24, 2.45) is 0 Å². The molecule has 4 nitrogen and oxygen atoms in total. The van der Waals surface area contributed by atoms with E-state index < -0.39 is 5.82 Å². The highest BCUT2D eigenvalue weighted by Gasteiger charge is 2.16. The van der Waals surface area contributed by atoms with E-state index in [1.165, 1.54) is 6.07 Å². The minimum atomic E-state index is -0.498.